The highest BCUT2D eigenvalue weighted by Gasteiger charge is 2.26. The minimum Gasteiger partial charge on any atom is -0.481 e. The molecular weight excluding hydrogens is 256 g/mol. The van der Waals surface area contributed by atoms with Gasteiger partial charge >= 0.3 is 5.97 Å². The predicted octanol–water partition coefficient (Wildman–Crippen LogP) is 1.98. The molecule has 20 heavy (non-hydrogen) atoms. The van der Waals surface area contributed by atoms with Gasteiger partial charge in [-0.2, -0.15) is 5.26 Å². The Kier molecular flexibility index (Phi) is 5.27. The summed E-state index contributed by atoms with van der Waals surface area (Å²) in [6.45, 7) is 3.53. The van der Waals surface area contributed by atoms with Crippen molar-refractivity contribution in [3.05, 3.63) is 35.4 Å². The summed E-state index contributed by atoms with van der Waals surface area (Å²) in [5.41, 5.74) is 0.396. The Morgan fingerprint density at radius 3 is 2.70 bits per heavy atom. The summed E-state index contributed by atoms with van der Waals surface area (Å²) in [5.74, 6) is -1.14. The van der Waals surface area contributed by atoms with Crippen LogP contribution in [-0.4, -0.2) is 23.5 Å². The van der Waals surface area contributed by atoms with Crippen molar-refractivity contribution in [3.8, 4) is 6.07 Å². The molecule has 0 aromatic heterocycles. The van der Waals surface area contributed by atoms with Crippen LogP contribution in [0.1, 0.15) is 36.2 Å². The summed E-state index contributed by atoms with van der Waals surface area (Å²) < 4.78 is 0. The van der Waals surface area contributed by atoms with Crippen LogP contribution in [0.5, 0.6) is 0 Å². The molecule has 1 rings (SSSR count). The third-order valence-corrected chi connectivity index (χ3v) is 3.09. The van der Waals surface area contributed by atoms with E-state index in [-0.39, 0.29) is 12.3 Å². The van der Waals surface area contributed by atoms with Crippen molar-refractivity contribution in [2.75, 3.05) is 6.54 Å². The van der Waals surface area contributed by atoms with Crippen LogP contribution in [0, 0.1) is 16.7 Å². The van der Waals surface area contributed by atoms with Gasteiger partial charge in [-0.25, -0.2) is 0 Å². The average molecular weight is 274 g/mol. The minimum atomic E-state index is -0.886. The van der Waals surface area contributed by atoms with Crippen molar-refractivity contribution in [2.24, 2.45) is 5.41 Å². The zero-order chi connectivity index (χ0) is 15.2. The van der Waals surface area contributed by atoms with Crippen LogP contribution in [-0.2, 0) is 11.2 Å². The van der Waals surface area contributed by atoms with Crippen molar-refractivity contribution in [1.29, 1.82) is 5.26 Å². The summed E-state index contributed by atoms with van der Waals surface area (Å²) in [6, 6.07) is 8.87. The second-order valence-corrected chi connectivity index (χ2v) is 5.23. The lowest BCUT2D eigenvalue weighted by molar-refractivity contribution is -0.147. The summed E-state index contributed by atoms with van der Waals surface area (Å²) in [5, 5.41) is 20.3. The normalized spacial score (nSPS) is 10.7. The number of amides is 1. The van der Waals surface area contributed by atoms with Crippen molar-refractivity contribution in [2.45, 2.75) is 26.7 Å². The first-order valence-corrected chi connectivity index (χ1v) is 6.34. The van der Waals surface area contributed by atoms with E-state index in [1.54, 1.807) is 38.1 Å². The van der Waals surface area contributed by atoms with Crippen molar-refractivity contribution < 1.29 is 14.7 Å². The topological polar surface area (TPSA) is 90.2 Å². The number of carboxylic acids is 1. The van der Waals surface area contributed by atoms with Gasteiger partial charge in [0.05, 0.1) is 17.9 Å². The number of hydrogen-bond acceptors (Lipinski definition) is 3. The number of benzene rings is 1. The number of aliphatic carboxylic acids is 1. The molecule has 0 heterocycles. The number of carboxylic acid groups (broad SMARTS) is 1. The van der Waals surface area contributed by atoms with Gasteiger partial charge in [0, 0.05) is 12.1 Å². The minimum absolute atomic E-state index is 0.257. The molecule has 0 aliphatic carbocycles. The van der Waals surface area contributed by atoms with Gasteiger partial charge in [0.25, 0.3) is 5.91 Å². The SMILES string of the molecule is CC(C)(CCNC(=O)c1cccc(CC#N)c1)C(=O)O. The molecule has 0 saturated heterocycles. The number of nitrogens with one attached hydrogen (secondary N) is 1. The summed E-state index contributed by atoms with van der Waals surface area (Å²) in [4.78, 5) is 22.9. The number of rotatable bonds is 6. The number of hydrogen-bond donors (Lipinski definition) is 2. The van der Waals surface area contributed by atoms with Crippen LogP contribution >= 0.6 is 0 Å². The molecule has 5 nitrogen and oxygen atoms in total. The summed E-state index contributed by atoms with van der Waals surface area (Å²) in [7, 11) is 0. The van der Waals surface area contributed by atoms with Gasteiger partial charge in [-0.05, 0) is 38.0 Å². The zero-order valence-electron chi connectivity index (χ0n) is 11.6. The Morgan fingerprint density at radius 2 is 2.10 bits per heavy atom. The Balaban J connectivity index is 2.58. The molecule has 0 aliphatic rings. The van der Waals surface area contributed by atoms with E-state index in [4.69, 9.17) is 10.4 Å². The quantitative estimate of drug-likeness (QED) is 0.830. The third-order valence-electron chi connectivity index (χ3n) is 3.09. The Bertz CT molecular complexity index is 544. The van der Waals surface area contributed by atoms with Crippen LogP contribution in [0.2, 0.25) is 0 Å². The Labute approximate surface area is 118 Å². The second-order valence-electron chi connectivity index (χ2n) is 5.23. The highest BCUT2D eigenvalue weighted by Crippen LogP contribution is 2.19. The number of nitriles is 1. The molecule has 106 valence electrons. The molecule has 0 atom stereocenters. The number of carbonyl (C=O) groups is 2. The summed E-state index contributed by atoms with van der Waals surface area (Å²) in [6.07, 6.45) is 0.610. The van der Waals surface area contributed by atoms with Crippen LogP contribution < -0.4 is 5.32 Å². The maximum absolute atomic E-state index is 11.9. The molecule has 0 bridgehead atoms. The van der Waals surface area contributed by atoms with E-state index in [0.717, 1.165) is 5.56 Å². The van der Waals surface area contributed by atoms with Gasteiger partial charge in [0.15, 0.2) is 0 Å². The van der Waals surface area contributed by atoms with Crippen LogP contribution in [0.3, 0.4) is 0 Å². The predicted molar refractivity (Wildman–Crippen MR) is 74.1 cm³/mol. The summed E-state index contributed by atoms with van der Waals surface area (Å²) >= 11 is 0. The van der Waals surface area contributed by atoms with Crippen molar-refractivity contribution >= 4 is 11.9 Å². The lowest BCUT2D eigenvalue weighted by atomic mass is 9.89. The Morgan fingerprint density at radius 1 is 1.40 bits per heavy atom. The van der Waals surface area contributed by atoms with E-state index in [1.807, 2.05) is 6.07 Å². The first kappa shape index (κ1) is 15.7. The smallest absolute Gasteiger partial charge is 0.309 e. The van der Waals surface area contributed by atoms with E-state index in [2.05, 4.69) is 5.32 Å². The standard InChI is InChI=1S/C15H18N2O3/c1-15(2,14(19)20)7-9-17-13(18)12-5-3-4-11(10-12)6-8-16/h3-5,10H,6-7,9H2,1-2H3,(H,17,18)(H,19,20). The molecule has 0 aliphatic heterocycles. The zero-order valence-corrected chi connectivity index (χ0v) is 11.6. The van der Waals surface area contributed by atoms with E-state index < -0.39 is 11.4 Å². The van der Waals surface area contributed by atoms with Crippen LogP contribution in [0.25, 0.3) is 0 Å². The lowest BCUT2D eigenvalue weighted by Crippen LogP contribution is -2.31. The fourth-order valence-corrected chi connectivity index (χ4v) is 1.61. The van der Waals surface area contributed by atoms with Crippen molar-refractivity contribution in [3.63, 3.8) is 0 Å². The lowest BCUT2D eigenvalue weighted by Gasteiger charge is -2.18. The molecule has 0 saturated carbocycles. The average Bonchev–Trinajstić information content (AvgIpc) is 2.39. The fourth-order valence-electron chi connectivity index (χ4n) is 1.61. The molecule has 0 fully saturated rings. The number of nitrogens with zero attached hydrogens (tertiary/aromatic N) is 1. The molecule has 0 radical (unpaired) electrons. The van der Waals surface area contributed by atoms with Gasteiger partial charge in [0.1, 0.15) is 0 Å². The maximum atomic E-state index is 11.9. The van der Waals surface area contributed by atoms with Crippen molar-refractivity contribution in [1.82, 2.24) is 5.32 Å². The molecular formula is C15H18N2O3. The van der Waals surface area contributed by atoms with Crippen LogP contribution in [0.4, 0.5) is 0 Å². The Hall–Kier alpha value is -2.35. The largest absolute Gasteiger partial charge is 0.481 e. The highest BCUT2D eigenvalue weighted by atomic mass is 16.4. The molecule has 2 N–H and O–H groups in total. The molecule has 1 amide bonds. The van der Waals surface area contributed by atoms with E-state index >= 15 is 0 Å². The van der Waals surface area contributed by atoms with Gasteiger partial charge in [-0.15, -0.1) is 0 Å². The maximum Gasteiger partial charge on any atom is 0.309 e. The molecule has 5 heteroatoms. The van der Waals surface area contributed by atoms with Gasteiger partial charge in [-0.3, -0.25) is 9.59 Å². The third kappa shape index (κ3) is 4.39. The number of carbonyl (C=O) groups excluding carboxylic acids is 1. The van der Waals surface area contributed by atoms with Gasteiger partial charge in [-0.1, -0.05) is 12.1 Å². The fraction of sp³-hybridized carbons (Fsp3) is 0.400. The van der Waals surface area contributed by atoms with E-state index in [9.17, 15) is 9.59 Å². The van der Waals surface area contributed by atoms with Gasteiger partial charge < -0.3 is 10.4 Å². The highest BCUT2D eigenvalue weighted by molar-refractivity contribution is 5.94. The first-order chi connectivity index (χ1) is 9.36. The molecule has 1 aromatic carbocycles. The van der Waals surface area contributed by atoms with E-state index in [0.29, 0.717) is 18.5 Å². The van der Waals surface area contributed by atoms with Gasteiger partial charge in [0.2, 0.25) is 0 Å². The molecule has 1 aromatic rings. The molecule has 0 unspecified atom stereocenters. The van der Waals surface area contributed by atoms with Crippen LogP contribution in [0.15, 0.2) is 24.3 Å². The van der Waals surface area contributed by atoms with E-state index in [1.165, 1.54) is 0 Å². The first-order valence-electron chi connectivity index (χ1n) is 6.34. The molecule has 0 spiro atoms. The monoisotopic (exact) mass is 274 g/mol. The second kappa shape index (κ2) is 6.71.